The number of aromatic nitrogens is 1. The van der Waals surface area contributed by atoms with Crippen LogP contribution in [-0.2, 0) is 10.0 Å². The summed E-state index contributed by atoms with van der Waals surface area (Å²) in [5.74, 6) is 0. The van der Waals surface area contributed by atoms with Crippen LogP contribution in [0.5, 0.6) is 0 Å². The standard InChI is InChI=1S/C13H18N4O2S2/c1-3-11(13-16-6-7-20-13)17-9-4-5-12(10(14)8-9)21(18,19)15-2/h4-8,11,15,17H,3,14H2,1-2H3. The van der Waals surface area contributed by atoms with Gasteiger partial charge in [0.05, 0.1) is 11.7 Å². The monoisotopic (exact) mass is 326 g/mol. The van der Waals surface area contributed by atoms with Crippen LogP contribution in [0.3, 0.4) is 0 Å². The molecule has 2 aromatic rings. The maximum atomic E-state index is 11.8. The van der Waals surface area contributed by atoms with Gasteiger partial charge in [0.2, 0.25) is 10.0 Å². The van der Waals surface area contributed by atoms with Crippen molar-refractivity contribution in [3.8, 4) is 0 Å². The van der Waals surface area contributed by atoms with Crippen LogP contribution >= 0.6 is 11.3 Å². The number of hydrogen-bond acceptors (Lipinski definition) is 6. The minimum Gasteiger partial charge on any atom is -0.398 e. The molecule has 1 heterocycles. The highest BCUT2D eigenvalue weighted by molar-refractivity contribution is 7.89. The number of nitrogens with zero attached hydrogens (tertiary/aromatic N) is 1. The molecule has 0 aliphatic carbocycles. The zero-order valence-electron chi connectivity index (χ0n) is 11.8. The molecule has 2 rings (SSSR count). The number of nitrogens with two attached hydrogens (primary N) is 1. The third kappa shape index (κ3) is 3.52. The fourth-order valence-electron chi connectivity index (χ4n) is 1.94. The minimum absolute atomic E-state index is 0.0798. The number of rotatable bonds is 6. The lowest BCUT2D eigenvalue weighted by molar-refractivity contribution is 0.588. The van der Waals surface area contributed by atoms with E-state index in [1.165, 1.54) is 13.1 Å². The van der Waals surface area contributed by atoms with Crippen LogP contribution in [0, 0.1) is 0 Å². The number of anilines is 2. The Kier molecular flexibility index (Phi) is 4.81. The molecular formula is C13H18N4O2S2. The Morgan fingerprint density at radius 2 is 2.19 bits per heavy atom. The Hall–Kier alpha value is -1.64. The average Bonchev–Trinajstić information content (AvgIpc) is 2.98. The van der Waals surface area contributed by atoms with Crippen molar-refractivity contribution in [2.75, 3.05) is 18.1 Å². The summed E-state index contributed by atoms with van der Waals surface area (Å²) in [7, 11) is -2.18. The second-order valence-electron chi connectivity index (χ2n) is 4.44. The lowest BCUT2D eigenvalue weighted by Gasteiger charge is -2.17. The molecule has 8 heteroatoms. The number of hydrogen-bond donors (Lipinski definition) is 3. The van der Waals surface area contributed by atoms with Crippen LogP contribution in [0.15, 0.2) is 34.7 Å². The van der Waals surface area contributed by atoms with E-state index in [4.69, 9.17) is 5.73 Å². The highest BCUT2D eigenvalue weighted by atomic mass is 32.2. The molecule has 1 aromatic heterocycles. The van der Waals surface area contributed by atoms with Crippen LogP contribution < -0.4 is 15.8 Å². The van der Waals surface area contributed by atoms with Crippen molar-refractivity contribution in [3.05, 3.63) is 34.8 Å². The molecule has 0 aliphatic heterocycles. The molecule has 0 saturated heterocycles. The van der Waals surface area contributed by atoms with Crippen LogP contribution in [0.2, 0.25) is 0 Å². The fourth-order valence-corrected chi connectivity index (χ4v) is 3.55. The summed E-state index contributed by atoms with van der Waals surface area (Å²) in [6, 6.07) is 4.91. The van der Waals surface area contributed by atoms with Gasteiger partial charge in [0.15, 0.2) is 0 Å². The van der Waals surface area contributed by atoms with E-state index in [9.17, 15) is 8.42 Å². The molecule has 21 heavy (non-hydrogen) atoms. The first-order valence-electron chi connectivity index (χ1n) is 6.47. The summed E-state index contributed by atoms with van der Waals surface area (Å²) < 4.78 is 25.8. The summed E-state index contributed by atoms with van der Waals surface area (Å²) >= 11 is 1.58. The summed E-state index contributed by atoms with van der Waals surface area (Å²) in [6.45, 7) is 2.06. The second-order valence-corrected chi connectivity index (χ2v) is 7.22. The molecular weight excluding hydrogens is 308 g/mol. The molecule has 6 nitrogen and oxygen atoms in total. The van der Waals surface area contributed by atoms with Gasteiger partial charge < -0.3 is 11.1 Å². The van der Waals surface area contributed by atoms with Crippen molar-refractivity contribution in [2.24, 2.45) is 0 Å². The molecule has 4 N–H and O–H groups in total. The normalized spacial score (nSPS) is 13.0. The molecule has 0 spiro atoms. The molecule has 0 saturated carbocycles. The summed E-state index contributed by atoms with van der Waals surface area (Å²) in [4.78, 5) is 4.38. The molecule has 1 atom stereocenters. The fraction of sp³-hybridized carbons (Fsp3) is 0.308. The summed E-state index contributed by atoms with van der Waals surface area (Å²) in [5, 5.41) is 6.24. The predicted octanol–water partition coefficient (Wildman–Crippen LogP) is 2.20. The third-order valence-electron chi connectivity index (χ3n) is 3.07. The van der Waals surface area contributed by atoms with Crippen molar-refractivity contribution in [1.82, 2.24) is 9.71 Å². The third-order valence-corrected chi connectivity index (χ3v) is 5.44. The Morgan fingerprint density at radius 3 is 2.71 bits per heavy atom. The Bertz CT molecular complexity index is 699. The quantitative estimate of drug-likeness (QED) is 0.707. The summed E-state index contributed by atoms with van der Waals surface area (Å²) in [6.07, 6.45) is 2.63. The van der Waals surface area contributed by atoms with Crippen LogP contribution in [0.25, 0.3) is 0 Å². The number of benzene rings is 1. The van der Waals surface area contributed by atoms with Gasteiger partial charge in [0, 0.05) is 17.3 Å². The molecule has 0 radical (unpaired) electrons. The van der Waals surface area contributed by atoms with Gasteiger partial charge >= 0.3 is 0 Å². The van der Waals surface area contributed by atoms with Gasteiger partial charge in [0.1, 0.15) is 9.90 Å². The van der Waals surface area contributed by atoms with E-state index in [2.05, 4.69) is 21.9 Å². The largest absolute Gasteiger partial charge is 0.398 e. The molecule has 0 aliphatic rings. The first-order chi connectivity index (χ1) is 9.97. The van der Waals surface area contributed by atoms with Gasteiger partial charge in [-0.05, 0) is 31.7 Å². The van der Waals surface area contributed by atoms with Gasteiger partial charge in [-0.2, -0.15) is 0 Å². The van der Waals surface area contributed by atoms with Crippen molar-refractivity contribution >= 4 is 32.7 Å². The van der Waals surface area contributed by atoms with E-state index in [0.29, 0.717) is 0 Å². The molecule has 0 amide bonds. The van der Waals surface area contributed by atoms with E-state index in [0.717, 1.165) is 17.1 Å². The van der Waals surface area contributed by atoms with Gasteiger partial charge in [-0.1, -0.05) is 6.92 Å². The van der Waals surface area contributed by atoms with E-state index in [1.54, 1.807) is 29.7 Å². The van der Waals surface area contributed by atoms with E-state index >= 15 is 0 Å². The van der Waals surface area contributed by atoms with Crippen molar-refractivity contribution in [2.45, 2.75) is 24.3 Å². The average molecular weight is 326 g/mol. The number of nitrogens with one attached hydrogen (secondary N) is 2. The highest BCUT2D eigenvalue weighted by Crippen LogP contribution is 2.27. The van der Waals surface area contributed by atoms with E-state index < -0.39 is 10.0 Å². The molecule has 1 aromatic carbocycles. The van der Waals surface area contributed by atoms with Crippen LogP contribution in [0.4, 0.5) is 11.4 Å². The molecule has 0 bridgehead atoms. The van der Waals surface area contributed by atoms with Crippen molar-refractivity contribution < 1.29 is 8.42 Å². The zero-order chi connectivity index (χ0) is 15.5. The number of thiazole rings is 1. The van der Waals surface area contributed by atoms with Gasteiger partial charge in [0.25, 0.3) is 0 Å². The topological polar surface area (TPSA) is 97.1 Å². The smallest absolute Gasteiger partial charge is 0.242 e. The highest BCUT2D eigenvalue weighted by Gasteiger charge is 2.17. The van der Waals surface area contributed by atoms with Crippen LogP contribution in [0.1, 0.15) is 24.4 Å². The second kappa shape index (κ2) is 6.42. The maximum absolute atomic E-state index is 11.8. The molecule has 0 fully saturated rings. The first kappa shape index (κ1) is 15.7. The SMILES string of the molecule is CCC(Nc1ccc(S(=O)(=O)NC)c(N)c1)c1nccs1. The number of sulfonamides is 1. The lowest BCUT2D eigenvalue weighted by atomic mass is 10.2. The predicted molar refractivity (Wildman–Crippen MR) is 85.9 cm³/mol. The number of nitrogen functional groups attached to an aromatic ring is 1. The van der Waals surface area contributed by atoms with E-state index in [-0.39, 0.29) is 16.6 Å². The summed E-state index contributed by atoms with van der Waals surface area (Å²) in [5.41, 5.74) is 6.83. The maximum Gasteiger partial charge on any atom is 0.242 e. The van der Waals surface area contributed by atoms with Crippen LogP contribution in [-0.4, -0.2) is 20.4 Å². The zero-order valence-corrected chi connectivity index (χ0v) is 13.5. The lowest BCUT2D eigenvalue weighted by Crippen LogP contribution is -2.20. The van der Waals surface area contributed by atoms with Gasteiger partial charge in [-0.25, -0.2) is 18.1 Å². The van der Waals surface area contributed by atoms with Gasteiger partial charge in [-0.15, -0.1) is 11.3 Å². The van der Waals surface area contributed by atoms with Gasteiger partial charge in [-0.3, -0.25) is 0 Å². The Morgan fingerprint density at radius 1 is 1.43 bits per heavy atom. The molecule has 1 unspecified atom stereocenters. The Labute approximate surface area is 128 Å². The van der Waals surface area contributed by atoms with E-state index in [1.807, 2.05) is 5.38 Å². The first-order valence-corrected chi connectivity index (χ1v) is 8.83. The van der Waals surface area contributed by atoms with Crippen molar-refractivity contribution in [1.29, 1.82) is 0 Å². The Balaban J connectivity index is 2.25. The molecule has 114 valence electrons. The van der Waals surface area contributed by atoms with Crippen molar-refractivity contribution in [3.63, 3.8) is 0 Å². The minimum atomic E-state index is -3.54.